The summed E-state index contributed by atoms with van der Waals surface area (Å²) >= 11 is 0. The average Bonchev–Trinajstić information content (AvgIpc) is 3.21. The Labute approximate surface area is 128 Å². The zero-order valence-electron chi connectivity index (χ0n) is 13.8. The van der Waals surface area contributed by atoms with Gasteiger partial charge in [0.2, 0.25) is 0 Å². The van der Waals surface area contributed by atoms with E-state index in [2.05, 4.69) is 49.0 Å². The van der Waals surface area contributed by atoms with Gasteiger partial charge in [0.15, 0.2) is 0 Å². The molecule has 4 heteroatoms. The topological polar surface area (TPSA) is 31.4 Å². The Morgan fingerprint density at radius 1 is 1.29 bits per heavy atom. The molecule has 21 heavy (non-hydrogen) atoms. The van der Waals surface area contributed by atoms with Crippen molar-refractivity contribution in [3.05, 3.63) is 22.9 Å². The first-order chi connectivity index (χ1) is 10.0. The zero-order chi connectivity index (χ0) is 15.0. The zero-order valence-corrected chi connectivity index (χ0v) is 13.8. The van der Waals surface area contributed by atoms with Crippen LogP contribution in [0, 0.1) is 13.8 Å². The van der Waals surface area contributed by atoms with Gasteiger partial charge < -0.3 is 15.1 Å². The summed E-state index contributed by atoms with van der Waals surface area (Å²) in [4.78, 5) is 9.81. The molecule has 0 bridgehead atoms. The lowest BCUT2D eigenvalue weighted by Crippen LogP contribution is -2.51. The number of anilines is 1. The van der Waals surface area contributed by atoms with Crippen LogP contribution in [0.3, 0.4) is 0 Å². The van der Waals surface area contributed by atoms with Crippen molar-refractivity contribution in [2.75, 3.05) is 31.6 Å². The highest BCUT2D eigenvalue weighted by molar-refractivity contribution is 5.53. The number of aromatic nitrogens is 1. The van der Waals surface area contributed by atoms with Crippen LogP contribution in [0.1, 0.15) is 36.6 Å². The summed E-state index contributed by atoms with van der Waals surface area (Å²) in [5.41, 5.74) is 3.89. The number of piperazine rings is 1. The predicted octanol–water partition coefficient (Wildman–Crippen LogP) is 2.09. The highest BCUT2D eigenvalue weighted by atomic mass is 15.3. The van der Waals surface area contributed by atoms with E-state index in [0.29, 0.717) is 6.04 Å². The smallest absolute Gasteiger partial charge is 0.133 e. The first-order valence-corrected chi connectivity index (χ1v) is 8.20. The number of aryl methyl sites for hydroxylation is 2. The Balaban J connectivity index is 1.87. The molecule has 1 saturated carbocycles. The lowest BCUT2D eigenvalue weighted by Gasteiger charge is -2.40. The van der Waals surface area contributed by atoms with Gasteiger partial charge in [-0.25, -0.2) is 4.98 Å². The standard InChI is InChI=1S/C17H28N4/c1-12-9-13(2)19-17(16(12)10-18-15-5-6-15)21-8-7-20(4)11-14(21)3/h9,14-15,18H,5-8,10-11H2,1-4H3. The molecule has 1 N–H and O–H groups in total. The largest absolute Gasteiger partial charge is 0.351 e. The van der Waals surface area contributed by atoms with Gasteiger partial charge in [-0.2, -0.15) is 0 Å². The van der Waals surface area contributed by atoms with Crippen LogP contribution in [0.25, 0.3) is 0 Å². The Bertz CT molecular complexity index is 510. The number of hydrogen-bond donors (Lipinski definition) is 1. The maximum Gasteiger partial charge on any atom is 0.133 e. The van der Waals surface area contributed by atoms with Gasteiger partial charge >= 0.3 is 0 Å². The van der Waals surface area contributed by atoms with E-state index in [4.69, 9.17) is 4.98 Å². The molecule has 1 aliphatic carbocycles. The maximum absolute atomic E-state index is 4.90. The van der Waals surface area contributed by atoms with Crippen LogP contribution in [0.5, 0.6) is 0 Å². The Morgan fingerprint density at radius 3 is 2.71 bits per heavy atom. The van der Waals surface area contributed by atoms with Gasteiger partial charge in [-0.3, -0.25) is 0 Å². The molecule has 2 fully saturated rings. The molecule has 0 aromatic carbocycles. The molecule has 0 spiro atoms. The van der Waals surface area contributed by atoms with E-state index in [9.17, 15) is 0 Å². The van der Waals surface area contributed by atoms with Crippen LogP contribution in [0.4, 0.5) is 5.82 Å². The van der Waals surface area contributed by atoms with Crippen molar-refractivity contribution in [1.29, 1.82) is 0 Å². The van der Waals surface area contributed by atoms with Crippen molar-refractivity contribution in [1.82, 2.24) is 15.2 Å². The van der Waals surface area contributed by atoms with Gasteiger partial charge in [0, 0.05) is 49.5 Å². The van der Waals surface area contributed by atoms with Crippen LogP contribution < -0.4 is 10.2 Å². The van der Waals surface area contributed by atoms with Gasteiger partial charge in [-0.05, 0) is 52.3 Å². The number of pyridine rings is 1. The number of hydrogen-bond acceptors (Lipinski definition) is 4. The van der Waals surface area contributed by atoms with Gasteiger partial charge in [0.25, 0.3) is 0 Å². The van der Waals surface area contributed by atoms with E-state index in [-0.39, 0.29) is 0 Å². The van der Waals surface area contributed by atoms with Crippen LogP contribution >= 0.6 is 0 Å². The summed E-state index contributed by atoms with van der Waals surface area (Å²) in [6.45, 7) is 10.9. The molecule has 1 atom stereocenters. The van der Waals surface area contributed by atoms with E-state index in [0.717, 1.165) is 37.9 Å². The molecule has 1 saturated heterocycles. The monoisotopic (exact) mass is 288 g/mol. The molecule has 2 heterocycles. The molecule has 1 aliphatic heterocycles. The fourth-order valence-corrected chi connectivity index (χ4v) is 3.29. The van der Waals surface area contributed by atoms with Gasteiger partial charge in [-0.1, -0.05) is 0 Å². The predicted molar refractivity (Wildman–Crippen MR) is 87.9 cm³/mol. The number of rotatable bonds is 4. The lowest BCUT2D eigenvalue weighted by atomic mass is 10.1. The first kappa shape index (κ1) is 14.8. The van der Waals surface area contributed by atoms with Gasteiger partial charge in [0.05, 0.1) is 0 Å². The van der Waals surface area contributed by atoms with E-state index in [1.165, 1.54) is 29.8 Å². The second-order valence-corrected chi connectivity index (χ2v) is 6.84. The summed E-state index contributed by atoms with van der Waals surface area (Å²) in [5, 5.41) is 3.66. The van der Waals surface area contributed by atoms with Crippen LogP contribution in [0.2, 0.25) is 0 Å². The molecule has 116 valence electrons. The van der Waals surface area contributed by atoms with Crippen LogP contribution in [0.15, 0.2) is 6.07 Å². The van der Waals surface area contributed by atoms with Crippen molar-refractivity contribution in [3.8, 4) is 0 Å². The quantitative estimate of drug-likeness (QED) is 0.919. The minimum atomic E-state index is 0.525. The second kappa shape index (κ2) is 5.93. The number of likely N-dealkylation sites (N-methyl/N-ethyl adjacent to an activating group) is 1. The van der Waals surface area contributed by atoms with E-state index >= 15 is 0 Å². The number of nitrogens with zero attached hydrogens (tertiary/aromatic N) is 3. The molecule has 1 aromatic heterocycles. The minimum absolute atomic E-state index is 0.525. The highest BCUT2D eigenvalue weighted by Crippen LogP contribution is 2.27. The van der Waals surface area contributed by atoms with E-state index in [1.54, 1.807) is 0 Å². The Kier molecular flexibility index (Phi) is 4.18. The SMILES string of the molecule is Cc1cc(C)c(CNC2CC2)c(N2CCN(C)CC2C)n1. The molecule has 4 nitrogen and oxygen atoms in total. The fourth-order valence-electron chi connectivity index (χ4n) is 3.29. The third-order valence-corrected chi connectivity index (χ3v) is 4.70. The summed E-state index contributed by atoms with van der Waals surface area (Å²) in [5.74, 6) is 1.21. The molecule has 1 aromatic rings. The highest BCUT2D eigenvalue weighted by Gasteiger charge is 2.27. The number of nitrogens with one attached hydrogen (secondary N) is 1. The summed E-state index contributed by atoms with van der Waals surface area (Å²) < 4.78 is 0. The van der Waals surface area contributed by atoms with Crippen molar-refractivity contribution < 1.29 is 0 Å². The minimum Gasteiger partial charge on any atom is -0.351 e. The van der Waals surface area contributed by atoms with E-state index in [1.807, 2.05) is 0 Å². The molecule has 0 radical (unpaired) electrons. The Hall–Kier alpha value is -1.13. The fraction of sp³-hybridized carbons (Fsp3) is 0.706. The molecular weight excluding hydrogens is 260 g/mol. The Morgan fingerprint density at radius 2 is 2.05 bits per heavy atom. The molecule has 1 unspecified atom stereocenters. The molecule has 3 rings (SSSR count). The average molecular weight is 288 g/mol. The molecule has 0 amide bonds. The van der Waals surface area contributed by atoms with Crippen molar-refractivity contribution >= 4 is 5.82 Å². The van der Waals surface area contributed by atoms with Crippen molar-refractivity contribution in [2.45, 2.75) is 52.2 Å². The van der Waals surface area contributed by atoms with Crippen LogP contribution in [-0.4, -0.2) is 48.6 Å². The normalized spacial score (nSPS) is 23.6. The summed E-state index contributed by atoms with van der Waals surface area (Å²) in [6, 6.07) is 3.48. The second-order valence-electron chi connectivity index (χ2n) is 6.84. The van der Waals surface area contributed by atoms with Crippen LogP contribution in [-0.2, 0) is 6.54 Å². The lowest BCUT2D eigenvalue weighted by molar-refractivity contribution is 0.274. The maximum atomic E-state index is 4.90. The summed E-state index contributed by atoms with van der Waals surface area (Å²) in [7, 11) is 2.21. The summed E-state index contributed by atoms with van der Waals surface area (Å²) in [6.07, 6.45) is 2.66. The first-order valence-electron chi connectivity index (χ1n) is 8.20. The third-order valence-electron chi connectivity index (χ3n) is 4.70. The molecular formula is C17H28N4. The van der Waals surface area contributed by atoms with Gasteiger partial charge in [0.1, 0.15) is 5.82 Å². The molecule has 2 aliphatic rings. The van der Waals surface area contributed by atoms with Gasteiger partial charge in [-0.15, -0.1) is 0 Å². The van der Waals surface area contributed by atoms with E-state index < -0.39 is 0 Å². The van der Waals surface area contributed by atoms with Crippen molar-refractivity contribution in [3.63, 3.8) is 0 Å². The van der Waals surface area contributed by atoms with Crippen molar-refractivity contribution in [2.24, 2.45) is 0 Å². The third kappa shape index (κ3) is 3.38.